The van der Waals surface area contributed by atoms with Gasteiger partial charge in [0.25, 0.3) is 0 Å². The molecule has 32 heavy (non-hydrogen) atoms. The molecule has 9 atom stereocenters. The zero-order valence-corrected chi connectivity index (χ0v) is 22.4. The predicted molar refractivity (Wildman–Crippen MR) is 134 cm³/mol. The molecule has 4 fully saturated rings. The quantitative estimate of drug-likeness (QED) is 0.425. The van der Waals surface area contributed by atoms with Gasteiger partial charge in [0.15, 0.2) is 0 Å². The van der Waals surface area contributed by atoms with Crippen LogP contribution in [-0.4, -0.2) is 23.8 Å². The number of rotatable bonds is 1. The molecule has 0 spiro atoms. The zero-order chi connectivity index (χ0) is 23.4. The molecule has 0 aromatic heterocycles. The fourth-order valence-corrected chi connectivity index (χ4v) is 10.6. The molecule has 2 N–H and O–H groups in total. The van der Waals surface area contributed by atoms with Crippen LogP contribution in [0.1, 0.15) is 113 Å². The average molecular weight is 442 g/mol. The van der Waals surface area contributed by atoms with Gasteiger partial charge in [-0.2, -0.15) is 0 Å². The second-order valence-corrected chi connectivity index (χ2v) is 14.9. The maximum absolute atomic E-state index is 10.9. The Bertz CT molecular complexity index is 816. The van der Waals surface area contributed by atoms with Crippen molar-refractivity contribution in [3.63, 3.8) is 0 Å². The van der Waals surface area contributed by atoms with E-state index in [0.717, 1.165) is 18.3 Å². The monoisotopic (exact) mass is 441 g/mol. The van der Waals surface area contributed by atoms with Crippen molar-refractivity contribution in [1.29, 1.82) is 0 Å². The first-order valence-corrected chi connectivity index (χ1v) is 13.8. The summed E-state index contributed by atoms with van der Waals surface area (Å²) in [6.07, 6.45) is 15.5. The lowest BCUT2D eigenvalue weighted by molar-refractivity contribution is -0.202. The molecule has 0 amide bonds. The lowest BCUT2D eigenvalue weighted by atomic mass is 9.34. The first-order chi connectivity index (χ1) is 14.8. The summed E-state index contributed by atoms with van der Waals surface area (Å²) >= 11 is 0. The summed E-state index contributed by atoms with van der Waals surface area (Å²) in [6.45, 7) is 17.8. The fourth-order valence-electron chi connectivity index (χ4n) is 10.6. The van der Waals surface area contributed by atoms with Gasteiger partial charge in [-0.25, -0.2) is 0 Å². The minimum Gasteiger partial charge on any atom is -0.393 e. The molecule has 4 saturated carbocycles. The Labute approximate surface area is 198 Å². The first-order valence-electron chi connectivity index (χ1n) is 13.8. The van der Waals surface area contributed by atoms with Crippen molar-refractivity contribution in [2.45, 2.75) is 124 Å². The molecule has 5 aliphatic carbocycles. The SMILES string of the molecule is CN[C@@]1(C)CC[C@]2(C)CC[C@]3(C)C(=CC[C@@H]4[C@@]5(C)CC[C@H](O)C(C)(C)[C@@H]5CC[C@]43C)[C@@H]2C1. The van der Waals surface area contributed by atoms with Crippen LogP contribution in [0.3, 0.4) is 0 Å². The number of fused-ring (bicyclic) bond motifs is 7. The minimum atomic E-state index is -0.132. The van der Waals surface area contributed by atoms with Crippen molar-refractivity contribution in [1.82, 2.24) is 5.32 Å². The fraction of sp³-hybridized carbons (Fsp3) is 0.933. The van der Waals surface area contributed by atoms with Crippen molar-refractivity contribution in [3.8, 4) is 0 Å². The molecular formula is C30H51NO. The molecule has 0 bridgehead atoms. The third-order valence-electron chi connectivity index (χ3n) is 13.4. The van der Waals surface area contributed by atoms with E-state index in [1.807, 2.05) is 5.57 Å². The molecule has 0 heterocycles. The van der Waals surface area contributed by atoms with Crippen molar-refractivity contribution >= 4 is 0 Å². The lowest BCUT2D eigenvalue weighted by Gasteiger charge is -2.71. The Hall–Kier alpha value is -0.340. The van der Waals surface area contributed by atoms with Crippen LogP contribution < -0.4 is 5.32 Å². The molecule has 0 radical (unpaired) electrons. The van der Waals surface area contributed by atoms with Crippen LogP contribution in [0.15, 0.2) is 11.6 Å². The number of nitrogens with one attached hydrogen (secondary N) is 1. The van der Waals surface area contributed by atoms with Gasteiger partial charge in [-0.1, -0.05) is 53.2 Å². The van der Waals surface area contributed by atoms with Crippen LogP contribution in [0.25, 0.3) is 0 Å². The number of hydrogen-bond donors (Lipinski definition) is 2. The van der Waals surface area contributed by atoms with E-state index in [1.54, 1.807) is 0 Å². The minimum absolute atomic E-state index is 0.0440. The molecule has 5 rings (SSSR count). The smallest absolute Gasteiger partial charge is 0.0594 e. The second-order valence-electron chi connectivity index (χ2n) is 14.9. The summed E-state index contributed by atoms with van der Waals surface area (Å²) in [7, 11) is 2.18. The highest BCUT2D eigenvalue weighted by atomic mass is 16.3. The maximum atomic E-state index is 10.9. The molecule has 2 heteroatoms. The van der Waals surface area contributed by atoms with E-state index in [1.165, 1.54) is 57.8 Å². The Morgan fingerprint density at radius 2 is 1.53 bits per heavy atom. The molecule has 2 nitrogen and oxygen atoms in total. The number of aliphatic hydroxyl groups is 1. The van der Waals surface area contributed by atoms with E-state index in [4.69, 9.17) is 0 Å². The van der Waals surface area contributed by atoms with Crippen LogP contribution in [0, 0.1) is 44.8 Å². The van der Waals surface area contributed by atoms with Gasteiger partial charge in [0.1, 0.15) is 0 Å². The van der Waals surface area contributed by atoms with E-state index in [9.17, 15) is 5.11 Å². The van der Waals surface area contributed by atoms with Gasteiger partial charge in [-0.3, -0.25) is 0 Å². The summed E-state index contributed by atoms with van der Waals surface area (Å²) in [6, 6.07) is 0. The van der Waals surface area contributed by atoms with Gasteiger partial charge in [0.05, 0.1) is 6.10 Å². The van der Waals surface area contributed by atoms with Crippen LogP contribution >= 0.6 is 0 Å². The largest absolute Gasteiger partial charge is 0.393 e. The highest BCUT2D eigenvalue weighted by Crippen LogP contribution is 2.75. The standard InChI is InChI=1S/C30H51NO/c1-25(2)22-11-14-30(7)23(28(22,5)13-12-24(25)32)10-9-20-21-19-27(4,31-8)17-15-26(21,3)16-18-29(20,30)6/h9,21-24,31-32H,10-19H2,1-8H3/t21-,22-,23+,24-,26+,27-,28-,29+,30+/m0/s1. The molecule has 0 saturated heterocycles. The zero-order valence-electron chi connectivity index (χ0n) is 22.4. The molecule has 0 aliphatic heterocycles. The van der Waals surface area contributed by atoms with Crippen molar-refractivity contribution < 1.29 is 5.11 Å². The van der Waals surface area contributed by atoms with Crippen LogP contribution in [-0.2, 0) is 0 Å². The van der Waals surface area contributed by atoms with E-state index >= 15 is 0 Å². The summed E-state index contributed by atoms with van der Waals surface area (Å²) in [5.74, 6) is 2.13. The van der Waals surface area contributed by atoms with Gasteiger partial charge < -0.3 is 10.4 Å². The van der Waals surface area contributed by atoms with Gasteiger partial charge >= 0.3 is 0 Å². The summed E-state index contributed by atoms with van der Waals surface area (Å²) in [4.78, 5) is 0. The maximum Gasteiger partial charge on any atom is 0.0594 e. The predicted octanol–water partition coefficient (Wildman–Crippen LogP) is 7.12. The number of aliphatic hydroxyl groups excluding tert-OH is 1. The van der Waals surface area contributed by atoms with Crippen molar-refractivity contribution in [2.24, 2.45) is 44.8 Å². The van der Waals surface area contributed by atoms with Gasteiger partial charge in [0, 0.05) is 5.54 Å². The summed E-state index contributed by atoms with van der Waals surface area (Å²) in [5.41, 5.74) is 3.74. The number of allylic oxidation sites excluding steroid dienone is 2. The summed E-state index contributed by atoms with van der Waals surface area (Å²) < 4.78 is 0. The first kappa shape index (κ1) is 23.4. The van der Waals surface area contributed by atoms with Gasteiger partial charge in [-0.15, -0.1) is 0 Å². The normalized spacial score (nSPS) is 56.8. The van der Waals surface area contributed by atoms with Gasteiger partial charge in [0.2, 0.25) is 0 Å². The Morgan fingerprint density at radius 3 is 2.22 bits per heavy atom. The molecule has 5 aliphatic rings. The van der Waals surface area contributed by atoms with E-state index in [0.29, 0.717) is 27.6 Å². The van der Waals surface area contributed by atoms with Crippen LogP contribution in [0.5, 0.6) is 0 Å². The van der Waals surface area contributed by atoms with E-state index in [2.05, 4.69) is 66.9 Å². The molecule has 182 valence electrons. The van der Waals surface area contributed by atoms with E-state index in [-0.39, 0.29) is 17.1 Å². The lowest BCUT2D eigenvalue weighted by Crippen LogP contribution is -2.64. The summed E-state index contributed by atoms with van der Waals surface area (Å²) in [5, 5.41) is 14.6. The molecule has 0 unspecified atom stereocenters. The van der Waals surface area contributed by atoms with Crippen LogP contribution in [0.4, 0.5) is 0 Å². The number of hydrogen-bond acceptors (Lipinski definition) is 2. The van der Waals surface area contributed by atoms with Crippen LogP contribution in [0.2, 0.25) is 0 Å². The highest BCUT2D eigenvalue weighted by Gasteiger charge is 2.67. The Kier molecular flexibility index (Phi) is 5.02. The third kappa shape index (κ3) is 2.78. The molecule has 0 aromatic rings. The van der Waals surface area contributed by atoms with Gasteiger partial charge in [-0.05, 0) is 123 Å². The van der Waals surface area contributed by atoms with Crippen molar-refractivity contribution in [2.75, 3.05) is 7.05 Å². The molecular weight excluding hydrogens is 390 g/mol. The molecule has 0 aromatic carbocycles. The Morgan fingerprint density at radius 1 is 0.844 bits per heavy atom. The second kappa shape index (κ2) is 6.87. The highest BCUT2D eigenvalue weighted by molar-refractivity contribution is 5.33. The Balaban J connectivity index is 1.56. The topological polar surface area (TPSA) is 32.3 Å². The third-order valence-corrected chi connectivity index (χ3v) is 13.4. The van der Waals surface area contributed by atoms with E-state index < -0.39 is 0 Å². The average Bonchev–Trinajstić information content (AvgIpc) is 2.73. The van der Waals surface area contributed by atoms with Crippen molar-refractivity contribution in [3.05, 3.63) is 11.6 Å².